The molecule has 0 aromatic heterocycles. The highest BCUT2D eigenvalue weighted by Crippen LogP contribution is 2.23. The van der Waals surface area contributed by atoms with Gasteiger partial charge in [0.2, 0.25) is 5.91 Å². The van der Waals surface area contributed by atoms with Crippen LogP contribution in [0.15, 0.2) is 18.2 Å². The highest BCUT2D eigenvalue weighted by Gasteiger charge is 2.25. The van der Waals surface area contributed by atoms with Gasteiger partial charge in [-0.2, -0.15) is 0 Å². The number of aryl methyl sites for hydroxylation is 1. The minimum atomic E-state index is -0.364. The summed E-state index contributed by atoms with van der Waals surface area (Å²) in [6.07, 6.45) is 2.03. The van der Waals surface area contributed by atoms with Crippen LogP contribution >= 0.6 is 0 Å². The summed E-state index contributed by atoms with van der Waals surface area (Å²) in [5.74, 6) is -0.228. The lowest BCUT2D eigenvalue weighted by Crippen LogP contribution is -2.51. The third-order valence-electron chi connectivity index (χ3n) is 4.82. The summed E-state index contributed by atoms with van der Waals surface area (Å²) in [7, 11) is 0. The zero-order valence-electron chi connectivity index (χ0n) is 14.5. The summed E-state index contributed by atoms with van der Waals surface area (Å²) in [4.78, 5) is 28.0. The van der Waals surface area contributed by atoms with Gasteiger partial charge in [-0.15, -0.1) is 0 Å². The SMILES string of the molecule is Cc1cccc(N2CCN(CC(=O)NC(=O)NC3CC3)CC2)c1C. The Hall–Kier alpha value is -2.08. The van der Waals surface area contributed by atoms with Gasteiger partial charge in [-0.05, 0) is 43.9 Å². The normalized spacial score (nSPS) is 18.3. The maximum Gasteiger partial charge on any atom is 0.321 e. The van der Waals surface area contributed by atoms with Crippen LogP contribution in [-0.2, 0) is 4.79 Å². The Kier molecular flexibility index (Phi) is 5.04. The van der Waals surface area contributed by atoms with E-state index in [1.54, 1.807) is 0 Å². The van der Waals surface area contributed by atoms with Crippen molar-refractivity contribution in [1.82, 2.24) is 15.5 Å². The average Bonchev–Trinajstić information content (AvgIpc) is 3.34. The predicted molar refractivity (Wildman–Crippen MR) is 94.3 cm³/mol. The topological polar surface area (TPSA) is 64.7 Å². The molecule has 3 rings (SSSR count). The third kappa shape index (κ3) is 4.26. The summed E-state index contributed by atoms with van der Waals surface area (Å²) >= 11 is 0. The first kappa shape index (κ1) is 16.8. The largest absolute Gasteiger partial charge is 0.369 e. The first-order valence-corrected chi connectivity index (χ1v) is 8.67. The highest BCUT2D eigenvalue weighted by molar-refractivity contribution is 5.95. The van der Waals surface area contributed by atoms with Gasteiger partial charge in [0.15, 0.2) is 0 Å². The zero-order valence-corrected chi connectivity index (χ0v) is 14.5. The second kappa shape index (κ2) is 7.21. The number of anilines is 1. The van der Waals surface area contributed by atoms with Gasteiger partial charge in [-0.1, -0.05) is 12.1 Å². The van der Waals surface area contributed by atoms with E-state index in [-0.39, 0.29) is 24.5 Å². The molecular formula is C18H26N4O2. The number of carbonyl (C=O) groups excluding carboxylic acids is 2. The molecule has 0 radical (unpaired) electrons. The number of rotatable bonds is 4. The molecule has 2 fully saturated rings. The molecule has 1 heterocycles. The molecule has 1 aliphatic carbocycles. The van der Waals surface area contributed by atoms with E-state index in [0.29, 0.717) is 0 Å². The Bertz CT molecular complexity index is 619. The van der Waals surface area contributed by atoms with Gasteiger partial charge < -0.3 is 10.2 Å². The number of nitrogens with zero attached hydrogens (tertiary/aromatic N) is 2. The number of hydrogen-bond acceptors (Lipinski definition) is 4. The van der Waals surface area contributed by atoms with E-state index in [1.165, 1.54) is 16.8 Å². The van der Waals surface area contributed by atoms with Crippen LogP contribution in [0.2, 0.25) is 0 Å². The van der Waals surface area contributed by atoms with Gasteiger partial charge in [-0.25, -0.2) is 4.79 Å². The van der Waals surface area contributed by atoms with Crippen molar-refractivity contribution in [3.8, 4) is 0 Å². The van der Waals surface area contributed by atoms with E-state index in [9.17, 15) is 9.59 Å². The second-order valence-corrected chi connectivity index (χ2v) is 6.78. The van der Waals surface area contributed by atoms with Crippen molar-refractivity contribution < 1.29 is 9.59 Å². The van der Waals surface area contributed by atoms with E-state index >= 15 is 0 Å². The van der Waals surface area contributed by atoms with Crippen LogP contribution in [0.4, 0.5) is 10.5 Å². The second-order valence-electron chi connectivity index (χ2n) is 6.78. The summed E-state index contributed by atoms with van der Waals surface area (Å²) in [5, 5.41) is 5.18. The fourth-order valence-corrected chi connectivity index (χ4v) is 3.04. The molecule has 130 valence electrons. The van der Waals surface area contributed by atoms with Gasteiger partial charge >= 0.3 is 6.03 Å². The lowest BCUT2D eigenvalue weighted by molar-refractivity contribution is -0.121. The van der Waals surface area contributed by atoms with Crippen molar-refractivity contribution in [3.05, 3.63) is 29.3 Å². The van der Waals surface area contributed by atoms with Gasteiger partial charge in [0.25, 0.3) is 0 Å². The van der Waals surface area contributed by atoms with E-state index < -0.39 is 0 Å². The van der Waals surface area contributed by atoms with Crippen LogP contribution < -0.4 is 15.5 Å². The van der Waals surface area contributed by atoms with Crippen LogP contribution in [0.3, 0.4) is 0 Å². The fraction of sp³-hybridized carbons (Fsp3) is 0.556. The Morgan fingerprint density at radius 2 is 1.83 bits per heavy atom. The van der Waals surface area contributed by atoms with Gasteiger partial charge in [0.05, 0.1) is 6.54 Å². The minimum absolute atomic E-state index is 0.228. The summed E-state index contributed by atoms with van der Waals surface area (Å²) in [6, 6.07) is 6.28. The Morgan fingerprint density at radius 3 is 2.50 bits per heavy atom. The lowest BCUT2D eigenvalue weighted by atomic mass is 10.1. The van der Waals surface area contributed by atoms with Crippen molar-refractivity contribution in [2.24, 2.45) is 0 Å². The van der Waals surface area contributed by atoms with E-state index in [0.717, 1.165) is 39.0 Å². The molecule has 1 aromatic rings. The van der Waals surface area contributed by atoms with Gasteiger partial charge in [0, 0.05) is 37.9 Å². The number of benzene rings is 1. The monoisotopic (exact) mass is 330 g/mol. The molecule has 0 spiro atoms. The molecule has 2 aliphatic rings. The Morgan fingerprint density at radius 1 is 1.12 bits per heavy atom. The molecule has 3 amide bonds. The maximum absolute atomic E-state index is 11.9. The molecule has 1 saturated heterocycles. The molecule has 24 heavy (non-hydrogen) atoms. The minimum Gasteiger partial charge on any atom is -0.369 e. The maximum atomic E-state index is 11.9. The summed E-state index contributed by atoms with van der Waals surface area (Å²) < 4.78 is 0. The van der Waals surface area contributed by atoms with Gasteiger partial charge in [-0.3, -0.25) is 15.0 Å². The predicted octanol–water partition coefficient (Wildman–Crippen LogP) is 1.41. The summed E-state index contributed by atoms with van der Waals surface area (Å²) in [6.45, 7) is 8.00. The van der Waals surface area contributed by atoms with Crippen molar-refractivity contribution in [3.63, 3.8) is 0 Å². The molecule has 6 heteroatoms. The molecule has 1 aromatic carbocycles. The molecule has 1 aliphatic heterocycles. The molecule has 0 bridgehead atoms. The summed E-state index contributed by atoms with van der Waals surface area (Å²) in [5.41, 5.74) is 3.90. The molecule has 2 N–H and O–H groups in total. The molecular weight excluding hydrogens is 304 g/mol. The molecule has 0 unspecified atom stereocenters. The first-order chi connectivity index (χ1) is 11.5. The first-order valence-electron chi connectivity index (χ1n) is 8.67. The fourth-order valence-electron chi connectivity index (χ4n) is 3.04. The van der Waals surface area contributed by atoms with Crippen molar-refractivity contribution in [2.75, 3.05) is 37.6 Å². The number of piperazine rings is 1. The van der Waals surface area contributed by atoms with E-state index in [2.05, 4.69) is 52.5 Å². The average molecular weight is 330 g/mol. The van der Waals surface area contributed by atoms with Gasteiger partial charge in [0.1, 0.15) is 0 Å². The van der Waals surface area contributed by atoms with Crippen LogP contribution in [0.1, 0.15) is 24.0 Å². The van der Waals surface area contributed by atoms with Crippen molar-refractivity contribution in [2.45, 2.75) is 32.7 Å². The Labute approximate surface area is 143 Å². The lowest BCUT2D eigenvalue weighted by Gasteiger charge is -2.36. The number of urea groups is 1. The van der Waals surface area contributed by atoms with Crippen molar-refractivity contribution >= 4 is 17.6 Å². The molecule has 6 nitrogen and oxygen atoms in total. The van der Waals surface area contributed by atoms with E-state index in [1.807, 2.05) is 0 Å². The Balaban J connectivity index is 1.45. The standard InChI is InChI=1S/C18H26N4O2/c1-13-4-3-5-16(14(13)2)22-10-8-21(9-11-22)12-17(23)20-18(24)19-15-6-7-15/h3-5,15H,6-12H2,1-2H3,(H2,19,20,23,24). The van der Waals surface area contributed by atoms with Crippen LogP contribution in [0.5, 0.6) is 0 Å². The highest BCUT2D eigenvalue weighted by atomic mass is 16.2. The number of nitrogens with one attached hydrogen (secondary N) is 2. The number of amides is 3. The number of carbonyl (C=O) groups is 2. The smallest absolute Gasteiger partial charge is 0.321 e. The third-order valence-corrected chi connectivity index (χ3v) is 4.82. The number of hydrogen-bond donors (Lipinski definition) is 2. The number of imide groups is 1. The molecule has 0 atom stereocenters. The van der Waals surface area contributed by atoms with Crippen LogP contribution in [-0.4, -0.2) is 55.6 Å². The van der Waals surface area contributed by atoms with Crippen LogP contribution in [0.25, 0.3) is 0 Å². The van der Waals surface area contributed by atoms with Crippen molar-refractivity contribution in [1.29, 1.82) is 0 Å². The zero-order chi connectivity index (χ0) is 17.1. The van der Waals surface area contributed by atoms with Crippen LogP contribution in [0, 0.1) is 13.8 Å². The molecule has 1 saturated carbocycles. The van der Waals surface area contributed by atoms with E-state index in [4.69, 9.17) is 0 Å². The quantitative estimate of drug-likeness (QED) is 0.876.